The number of rotatable bonds is 20. The van der Waals surface area contributed by atoms with Crippen molar-refractivity contribution in [1.82, 2.24) is 10.6 Å². The Hall–Kier alpha value is -1.72. The van der Waals surface area contributed by atoms with E-state index in [1.54, 1.807) is 0 Å². The van der Waals surface area contributed by atoms with Gasteiger partial charge in [0, 0.05) is 31.8 Å². The topological polar surface area (TPSA) is 64.5 Å². The van der Waals surface area contributed by atoms with Crippen LogP contribution in [-0.2, 0) is 13.1 Å². The van der Waals surface area contributed by atoms with Crippen molar-refractivity contribution in [3.63, 3.8) is 0 Å². The molecule has 0 spiro atoms. The monoisotopic (exact) mass is 454 g/mol. The van der Waals surface area contributed by atoms with E-state index in [9.17, 15) is 10.2 Å². The second-order valence-electron chi connectivity index (χ2n) is 9.31. The highest BCUT2D eigenvalue weighted by atomic mass is 16.3. The van der Waals surface area contributed by atoms with E-state index in [0.29, 0.717) is 0 Å². The van der Waals surface area contributed by atoms with Gasteiger partial charge in [-0.25, -0.2) is 0 Å². The lowest BCUT2D eigenvalue weighted by molar-refractivity contribution is 0.211. The Morgan fingerprint density at radius 1 is 0.545 bits per heavy atom. The molecule has 184 valence electrons. The Morgan fingerprint density at radius 3 is 1.58 bits per heavy atom. The van der Waals surface area contributed by atoms with Crippen LogP contribution < -0.4 is 10.6 Å². The molecule has 0 atom stereocenters. The first-order valence-corrected chi connectivity index (χ1v) is 13.0. The van der Waals surface area contributed by atoms with Crippen LogP contribution in [0, 0.1) is 0 Å². The molecule has 0 aromatic heterocycles. The summed E-state index contributed by atoms with van der Waals surface area (Å²) in [5, 5.41) is 26.1. The van der Waals surface area contributed by atoms with Gasteiger partial charge < -0.3 is 20.8 Å². The molecule has 0 aliphatic heterocycles. The largest absolute Gasteiger partial charge is 0.396 e. The van der Waals surface area contributed by atoms with Gasteiger partial charge in [-0.05, 0) is 69.0 Å². The quantitative estimate of drug-likeness (QED) is 0.197. The summed E-state index contributed by atoms with van der Waals surface area (Å²) in [5.41, 5.74) is 2.75. The van der Waals surface area contributed by atoms with Crippen molar-refractivity contribution in [3.8, 4) is 0 Å². The molecule has 0 bridgehead atoms. The average molecular weight is 455 g/mol. The lowest BCUT2D eigenvalue weighted by Crippen LogP contribution is -2.45. The Labute approximate surface area is 201 Å². The second kappa shape index (κ2) is 17.7. The highest BCUT2D eigenvalue weighted by Gasteiger charge is 2.28. The van der Waals surface area contributed by atoms with Gasteiger partial charge in [0.15, 0.2) is 0 Å². The molecule has 0 saturated carbocycles. The van der Waals surface area contributed by atoms with Gasteiger partial charge >= 0.3 is 0 Å². The van der Waals surface area contributed by atoms with E-state index in [4.69, 9.17) is 0 Å². The molecule has 2 rings (SSSR count). The van der Waals surface area contributed by atoms with Crippen molar-refractivity contribution in [2.24, 2.45) is 0 Å². The van der Waals surface area contributed by atoms with E-state index in [1.807, 2.05) is 0 Å². The Morgan fingerprint density at radius 2 is 1.03 bits per heavy atom. The molecule has 0 saturated heterocycles. The number of hydrogen-bond acceptors (Lipinski definition) is 4. The van der Waals surface area contributed by atoms with Gasteiger partial charge in [0.2, 0.25) is 0 Å². The molecule has 0 aliphatic rings. The van der Waals surface area contributed by atoms with Crippen molar-refractivity contribution < 1.29 is 10.2 Å². The van der Waals surface area contributed by atoms with Crippen LogP contribution in [0.1, 0.15) is 81.8 Å². The molecule has 33 heavy (non-hydrogen) atoms. The van der Waals surface area contributed by atoms with Crippen LogP contribution in [0.3, 0.4) is 0 Å². The van der Waals surface area contributed by atoms with E-state index >= 15 is 0 Å². The molecular formula is C29H46N2O2. The fourth-order valence-corrected chi connectivity index (χ4v) is 4.57. The van der Waals surface area contributed by atoms with Crippen LogP contribution in [-0.4, -0.2) is 35.5 Å². The molecular weight excluding hydrogens is 408 g/mol. The van der Waals surface area contributed by atoms with Crippen molar-refractivity contribution in [2.45, 2.75) is 89.3 Å². The maximum atomic E-state index is 9.32. The lowest BCUT2D eigenvalue weighted by Gasteiger charge is -2.36. The Kier molecular flexibility index (Phi) is 14.8. The van der Waals surface area contributed by atoms with Crippen molar-refractivity contribution >= 4 is 0 Å². The average Bonchev–Trinajstić information content (AvgIpc) is 2.86. The number of hydrogen-bond donors (Lipinski definition) is 4. The van der Waals surface area contributed by atoms with E-state index in [0.717, 1.165) is 64.6 Å². The zero-order chi connectivity index (χ0) is 23.5. The van der Waals surface area contributed by atoms with Crippen LogP contribution in [0.15, 0.2) is 60.7 Å². The fraction of sp³-hybridized carbons (Fsp3) is 0.586. The Balaban J connectivity index is 1.78. The number of benzene rings is 2. The minimum Gasteiger partial charge on any atom is -0.396 e. The van der Waals surface area contributed by atoms with Gasteiger partial charge in [-0.1, -0.05) is 79.9 Å². The lowest BCUT2D eigenvalue weighted by atomic mass is 9.82. The molecule has 4 N–H and O–H groups in total. The maximum absolute atomic E-state index is 9.32. The summed E-state index contributed by atoms with van der Waals surface area (Å²) in [4.78, 5) is 0. The van der Waals surface area contributed by atoms with E-state index in [1.165, 1.54) is 36.8 Å². The molecule has 0 heterocycles. The molecule has 2 aromatic carbocycles. The second-order valence-corrected chi connectivity index (χ2v) is 9.31. The number of nitrogens with one attached hydrogen (secondary N) is 2. The third-order valence-electron chi connectivity index (χ3n) is 6.57. The number of aliphatic hydroxyl groups is 2. The van der Waals surface area contributed by atoms with Gasteiger partial charge in [0.05, 0.1) is 0 Å². The molecule has 4 nitrogen and oxygen atoms in total. The van der Waals surface area contributed by atoms with Crippen molar-refractivity contribution in [2.75, 3.05) is 19.8 Å². The standard InChI is InChI=1S/C29H46N2O2/c32-23-13-10-20-29(21-11-14-24-33,31-26-28-17-7-4-8-18-28)19-9-1-2-12-22-30-25-27-15-5-3-6-16-27/h3-8,15-18,30-33H,1-2,9-14,19-26H2. The van der Waals surface area contributed by atoms with E-state index in [2.05, 4.69) is 71.3 Å². The predicted octanol–water partition coefficient (Wildman–Crippen LogP) is 5.58. The van der Waals surface area contributed by atoms with Crippen LogP contribution in [0.25, 0.3) is 0 Å². The fourth-order valence-electron chi connectivity index (χ4n) is 4.57. The van der Waals surface area contributed by atoms with E-state index in [-0.39, 0.29) is 18.8 Å². The van der Waals surface area contributed by atoms with Gasteiger partial charge in [0.1, 0.15) is 0 Å². The van der Waals surface area contributed by atoms with Crippen LogP contribution >= 0.6 is 0 Å². The summed E-state index contributed by atoms with van der Waals surface area (Å²) in [6.45, 7) is 3.42. The van der Waals surface area contributed by atoms with Gasteiger partial charge in [-0.3, -0.25) is 0 Å². The number of aliphatic hydroxyl groups excluding tert-OH is 2. The first-order valence-electron chi connectivity index (χ1n) is 13.0. The summed E-state index contributed by atoms with van der Waals surface area (Å²) in [6, 6.07) is 21.2. The van der Waals surface area contributed by atoms with Crippen LogP contribution in [0.2, 0.25) is 0 Å². The van der Waals surface area contributed by atoms with Crippen molar-refractivity contribution in [1.29, 1.82) is 0 Å². The van der Waals surface area contributed by atoms with Crippen molar-refractivity contribution in [3.05, 3.63) is 71.8 Å². The summed E-state index contributed by atoms with van der Waals surface area (Å²) in [7, 11) is 0. The number of unbranched alkanes of at least 4 members (excludes halogenated alkanes) is 5. The molecule has 0 radical (unpaired) electrons. The highest BCUT2D eigenvalue weighted by molar-refractivity contribution is 5.15. The zero-order valence-corrected chi connectivity index (χ0v) is 20.5. The maximum Gasteiger partial charge on any atom is 0.0431 e. The van der Waals surface area contributed by atoms with Gasteiger partial charge in [-0.2, -0.15) is 0 Å². The summed E-state index contributed by atoms with van der Waals surface area (Å²) in [5.74, 6) is 0. The Bertz CT molecular complexity index is 683. The molecule has 0 aliphatic carbocycles. The van der Waals surface area contributed by atoms with E-state index < -0.39 is 0 Å². The zero-order valence-electron chi connectivity index (χ0n) is 20.5. The molecule has 2 aromatic rings. The summed E-state index contributed by atoms with van der Waals surface area (Å²) >= 11 is 0. The molecule has 0 fully saturated rings. The molecule has 4 heteroatoms. The summed E-state index contributed by atoms with van der Waals surface area (Å²) in [6.07, 6.45) is 12.1. The molecule has 0 unspecified atom stereocenters. The third-order valence-corrected chi connectivity index (χ3v) is 6.57. The first-order chi connectivity index (χ1) is 16.3. The van der Waals surface area contributed by atoms with Gasteiger partial charge in [-0.15, -0.1) is 0 Å². The van der Waals surface area contributed by atoms with Crippen LogP contribution in [0.4, 0.5) is 0 Å². The third kappa shape index (κ3) is 12.4. The van der Waals surface area contributed by atoms with Crippen LogP contribution in [0.5, 0.6) is 0 Å². The predicted molar refractivity (Wildman–Crippen MR) is 139 cm³/mol. The normalized spacial score (nSPS) is 11.7. The minimum absolute atomic E-state index is 0.0890. The summed E-state index contributed by atoms with van der Waals surface area (Å²) < 4.78 is 0. The highest BCUT2D eigenvalue weighted by Crippen LogP contribution is 2.29. The molecule has 0 amide bonds. The SMILES string of the molecule is OCCCCC(CCCCO)(CCCCCCNCc1ccccc1)NCc1ccccc1. The first kappa shape index (κ1) is 27.5. The van der Waals surface area contributed by atoms with Gasteiger partial charge in [0.25, 0.3) is 0 Å². The minimum atomic E-state index is 0.0890. The smallest absolute Gasteiger partial charge is 0.0431 e.